The number of nitriles is 1. The monoisotopic (exact) mass is 319 g/mol. The van der Waals surface area contributed by atoms with Crippen LogP contribution in [0.3, 0.4) is 0 Å². The molecule has 0 radical (unpaired) electrons. The van der Waals surface area contributed by atoms with Crippen LogP contribution < -0.4 is 10.6 Å². The molecule has 0 aliphatic heterocycles. The summed E-state index contributed by atoms with van der Waals surface area (Å²) in [7, 11) is 0. The molecule has 122 valence electrons. The Morgan fingerprint density at radius 1 is 1.00 bits per heavy atom. The van der Waals surface area contributed by atoms with Crippen LogP contribution in [0.5, 0.6) is 0 Å². The molecule has 24 heavy (non-hydrogen) atoms. The van der Waals surface area contributed by atoms with Crippen molar-refractivity contribution >= 4 is 17.3 Å². The van der Waals surface area contributed by atoms with Gasteiger partial charge in [-0.3, -0.25) is 4.79 Å². The van der Waals surface area contributed by atoms with Crippen molar-refractivity contribution in [3.8, 4) is 6.07 Å². The number of hydrogen-bond donors (Lipinski definition) is 2. The van der Waals surface area contributed by atoms with Gasteiger partial charge in [-0.05, 0) is 62.6 Å². The van der Waals surface area contributed by atoms with Crippen LogP contribution in [0.4, 0.5) is 11.4 Å². The second kappa shape index (κ2) is 7.47. The molecule has 0 aromatic heterocycles. The molecule has 0 spiro atoms. The summed E-state index contributed by atoms with van der Waals surface area (Å²) in [5.41, 5.74) is 5.89. The molecular weight excluding hydrogens is 298 g/mol. The summed E-state index contributed by atoms with van der Waals surface area (Å²) in [6, 6.07) is 13.7. The van der Waals surface area contributed by atoms with E-state index in [1.54, 1.807) is 0 Å². The van der Waals surface area contributed by atoms with Crippen LogP contribution >= 0.6 is 0 Å². The molecule has 0 heterocycles. The van der Waals surface area contributed by atoms with E-state index in [2.05, 4.69) is 16.7 Å². The highest BCUT2D eigenvalue weighted by Crippen LogP contribution is 2.17. The Hall–Kier alpha value is -3.06. The van der Waals surface area contributed by atoms with Gasteiger partial charge in [0.05, 0.1) is 0 Å². The molecule has 1 amide bonds. The minimum Gasteiger partial charge on any atom is -0.360 e. The van der Waals surface area contributed by atoms with Gasteiger partial charge in [-0.15, -0.1) is 0 Å². The topological polar surface area (TPSA) is 64.9 Å². The number of carbonyl (C=O) groups is 1. The van der Waals surface area contributed by atoms with Gasteiger partial charge in [-0.1, -0.05) is 23.8 Å². The highest BCUT2D eigenvalue weighted by molar-refractivity contribution is 6.07. The first-order valence-corrected chi connectivity index (χ1v) is 7.73. The highest BCUT2D eigenvalue weighted by Gasteiger charge is 2.10. The molecule has 4 heteroatoms. The standard InChI is InChI=1S/C20H21N3O/c1-13-5-6-19(16(4)8-13)23-20(24)17(11-21)12-22-18-9-14(2)7-15(3)10-18/h5-10,12,22H,1-4H3,(H,23,24)/b17-12-. The van der Waals surface area contributed by atoms with Crippen molar-refractivity contribution in [2.24, 2.45) is 0 Å². The van der Waals surface area contributed by atoms with Crippen molar-refractivity contribution in [1.82, 2.24) is 0 Å². The Labute approximate surface area is 142 Å². The predicted molar refractivity (Wildman–Crippen MR) is 97.8 cm³/mol. The first-order valence-electron chi connectivity index (χ1n) is 7.73. The number of carbonyl (C=O) groups excluding carboxylic acids is 1. The first-order chi connectivity index (χ1) is 11.4. The van der Waals surface area contributed by atoms with Crippen molar-refractivity contribution in [1.29, 1.82) is 5.26 Å². The third kappa shape index (κ3) is 4.47. The van der Waals surface area contributed by atoms with E-state index < -0.39 is 5.91 Å². The maximum absolute atomic E-state index is 12.3. The van der Waals surface area contributed by atoms with Crippen molar-refractivity contribution in [2.45, 2.75) is 27.7 Å². The van der Waals surface area contributed by atoms with E-state index in [0.717, 1.165) is 27.9 Å². The Kier molecular flexibility index (Phi) is 5.39. The summed E-state index contributed by atoms with van der Waals surface area (Å²) in [6.07, 6.45) is 1.44. The van der Waals surface area contributed by atoms with Crippen molar-refractivity contribution < 1.29 is 4.79 Å². The number of anilines is 2. The highest BCUT2D eigenvalue weighted by atomic mass is 16.1. The number of hydrogen-bond acceptors (Lipinski definition) is 3. The van der Waals surface area contributed by atoms with Crippen LogP contribution in [0.2, 0.25) is 0 Å². The molecule has 2 aromatic carbocycles. The van der Waals surface area contributed by atoms with Crippen LogP contribution in [0.25, 0.3) is 0 Å². The molecular formula is C20H21N3O. The largest absolute Gasteiger partial charge is 0.360 e. The van der Waals surface area contributed by atoms with Gasteiger partial charge in [-0.2, -0.15) is 5.26 Å². The zero-order valence-corrected chi connectivity index (χ0v) is 14.4. The molecule has 0 fully saturated rings. The fourth-order valence-electron chi connectivity index (χ4n) is 2.51. The van der Waals surface area contributed by atoms with Crippen LogP contribution in [0, 0.1) is 39.0 Å². The SMILES string of the molecule is Cc1cc(C)cc(N/C=C(/C#N)C(=O)Nc2ccc(C)cc2C)c1. The van der Waals surface area contributed by atoms with E-state index in [9.17, 15) is 10.1 Å². The number of rotatable bonds is 4. The first kappa shape index (κ1) is 17.3. The van der Waals surface area contributed by atoms with E-state index in [0.29, 0.717) is 5.69 Å². The minimum atomic E-state index is -0.429. The number of amides is 1. The Morgan fingerprint density at radius 2 is 1.67 bits per heavy atom. The summed E-state index contributed by atoms with van der Waals surface area (Å²) in [6.45, 7) is 7.92. The summed E-state index contributed by atoms with van der Waals surface area (Å²) >= 11 is 0. The molecule has 0 aliphatic rings. The van der Waals surface area contributed by atoms with E-state index in [1.165, 1.54) is 6.20 Å². The maximum atomic E-state index is 12.3. The quantitative estimate of drug-likeness (QED) is 0.649. The molecule has 0 saturated carbocycles. The normalized spacial score (nSPS) is 10.9. The number of benzene rings is 2. The Balaban J connectivity index is 2.15. The van der Waals surface area contributed by atoms with Crippen molar-refractivity contribution in [3.05, 3.63) is 70.4 Å². The second-order valence-corrected chi connectivity index (χ2v) is 5.96. The summed E-state index contributed by atoms with van der Waals surface area (Å²) in [4.78, 5) is 12.3. The van der Waals surface area contributed by atoms with Gasteiger partial charge < -0.3 is 10.6 Å². The molecule has 2 rings (SSSR count). The van der Waals surface area contributed by atoms with Gasteiger partial charge in [0.1, 0.15) is 11.6 Å². The van der Waals surface area contributed by atoms with Crippen LogP contribution in [-0.2, 0) is 4.79 Å². The summed E-state index contributed by atoms with van der Waals surface area (Å²) < 4.78 is 0. The van der Waals surface area contributed by atoms with E-state index in [4.69, 9.17) is 0 Å². The lowest BCUT2D eigenvalue weighted by Crippen LogP contribution is -2.15. The molecule has 4 nitrogen and oxygen atoms in total. The lowest BCUT2D eigenvalue weighted by atomic mass is 10.1. The third-order valence-corrected chi connectivity index (χ3v) is 3.60. The zero-order chi connectivity index (χ0) is 17.7. The Bertz CT molecular complexity index is 824. The predicted octanol–water partition coefficient (Wildman–Crippen LogP) is 4.38. The maximum Gasteiger partial charge on any atom is 0.267 e. The van der Waals surface area contributed by atoms with Crippen LogP contribution in [0.15, 0.2) is 48.2 Å². The molecule has 0 atom stereocenters. The Morgan fingerprint density at radius 3 is 2.25 bits per heavy atom. The van der Waals surface area contributed by atoms with Gasteiger partial charge >= 0.3 is 0 Å². The lowest BCUT2D eigenvalue weighted by molar-refractivity contribution is -0.112. The fourth-order valence-corrected chi connectivity index (χ4v) is 2.51. The van der Waals surface area contributed by atoms with Gasteiger partial charge in [0.15, 0.2) is 0 Å². The van der Waals surface area contributed by atoms with Gasteiger partial charge in [0.2, 0.25) is 0 Å². The van der Waals surface area contributed by atoms with Gasteiger partial charge in [0.25, 0.3) is 5.91 Å². The van der Waals surface area contributed by atoms with Gasteiger partial charge in [0, 0.05) is 17.6 Å². The van der Waals surface area contributed by atoms with Crippen molar-refractivity contribution in [2.75, 3.05) is 10.6 Å². The average Bonchev–Trinajstić information content (AvgIpc) is 2.50. The van der Waals surface area contributed by atoms with E-state index in [-0.39, 0.29) is 5.57 Å². The molecule has 0 bridgehead atoms. The number of nitrogens with zero attached hydrogens (tertiary/aromatic N) is 1. The number of nitrogens with one attached hydrogen (secondary N) is 2. The lowest BCUT2D eigenvalue weighted by Gasteiger charge is -2.09. The second-order valence-electron chi connectivity index (χ2n) is 5.96. The molecule has 0 unspecified atom stereocenters. The molecule has 0 saturated heterocycles. The van der Waals surface area contributed by atoms with Crippen molar-refractivity contribution in [3.63, 3.8) is 0 Å². The smallest absolute Gasteiger partial charge is 0.267 e. The van der Waals surface area contributed by atoms with E-state index >= 15 is 0 Å². The van der Waals surface area contributed by atoms with E-state index in [1.807, 2.05) is 64.1 Å². The third-order valence-electron chi connectivity index (χ3n) is 3.60. The van der Waals surface area contributed by atoms with Gasteiger partial charge in [-0.25, -0.2) is 0 Å². The average molecular weight is 319 g/mol. The minimum absolute atomic E-state index is 0.0223. The van der Waals surface area contributed by atoms with Crippen LogP contribution in [0.1, 0.15) is 22.3 Å². The zero-order valence-electron chi connectivity index (χ0n) is 14.4. The molecule has 2 aromatic rings. The van der Waals surface area contributed by atoms with Crippen LogP contribution in [-0.4, -0.2) is 5.91 Å². The molecule has 2 N–H and O–H groups in total. The number of aryl methyl sites for hydroxylation is 4. The summed E-state index contributed by atoms with van der Waals surface area (Å²) in [5, 5.41) is 15.1. The fraction of sp³-hybridized carbons (Fsp3) is 0.200. The summed E-state index contributed by atoms with van der Waals surface area (Å²) in [5.74, 6) is -0.429. The molecule has 0 aliphatic carbocycles.